The molecule has 11 heavy (non-hydrogen) atoms. The van der Waals surface area contributed by atoms with E-state index in [4.69, 9.17) is 15.3 Å². The normalized spacial score (nSPS) is 12.0. The molecule has 0 aromatic heterocycles. The summed E-state index contributed by atoms with van der Waals surface area (Å²) in [6.07, 6.45) is 3.16. The molecule has 1 radical (unpaired) electrons. The van der Waals surface area contributed by atoms with Crippen molar-refractivity contribution in [3.05, 3.63) is 6.42 Å². The van der Waals surface area contributed by atoms with Crippen molar-refractivity contribution in [2.75, 3.05) is 19.8 Å². The fourth-order valence-corrected chi connectivity index (χ4v) is 1.13. The lowest BCUT2D eigenvalue weighted by atomic mass is 9.82. The lowest BCUT2D eigenvalue weighted by Gasteiger charge is -2.27. The minimum Gasteiger partial charge on any atom is -0.396 e. The van der Waals surface area contributed by atoms with Crippen molar-refractivity contribution in [1.82, 2.24) is 0 Å². The molecule has 0 atom stereocenters. The van der Waals surface area contributed by atoms with E-state index in [2.05, 4.69) is 0 Å². The summed E-state index contributed by atoms with van der Waals surface area (Å²) in [4.78, 5) is 0. The Balaban J connectivity index is 3.96. The van der Waals surface area contributed by atoms with Crippen LogP contribution in [0.15, 0.2) is 0 Å². The van der Waals surface area contributed by atoms with Gasteiger partial charge in [0, 0.05) is 12.0 Å². The van der Waals surface area contributed by atoms with E-state index >= 15 is 0 Å². The first-order valence-electron chi connectivity index (χ1n) is 3.91. The van der Waals surface area contributed by atoms with Crippen molar-refractivity contribution in [3.63, 3.8) is 0 Å². The first kappa shape index (κ1) is 10.9. The van der Waals surface area contributed by atoms with Gasteiger partial charge in [-0.3, -0.25) is 0 Å². The molecule has 0 saturated heterocycles. The highest BCUT2D eigenvalue weighted by Gasteiger charge is 2.26. The maximum absolute atomic E-state index is 8.94. The number of aliphatic hydroxyl groups excluding tert-OH is 3. The minimum absolute atomic E-state index is 0.0961. The van der Waals surface area contributed by atoms with Gasteiger partial charge in [0.05, 0.1) is 13.2 Å². The van der Waals surface area contributed by atoms with Crippen molar-refractivity contribution in [2.45, 2.75) is 19.8 Å². The molecule has 0 fully saturated rings. The van der Waals surface area contributed by atoms with Crippen LogP contribution in [0.4, 0.5) is 0 Å². The zero-order valence-corrected chi connectivity index (χ0v) is 6.95. The smallest absolute Gasteiger partial charge is 0.0513 e. The number of hydrogen-bond donors (Lipinski definition) is 3. The first-order valence-corrected chi connectivity index (χ1v) is 3.91. The largest absolute Gasteiger partial charge is 0.396 e. The highest BCUT2D eigenvalue weighted by molar-refractivity contribution is 4.90. The number of hydrogen-bond acceptors (Lipinski definition) is 3. The Morgan fingerprint density at radius 2 is 1.73 bits per heavy atom. The summed E-state index contributed by atoms with van der Waals surface area (Å²) in [6, 6.07) is 0. The topological polar surface area (TPSA) is 60.7 Å². The standard InChI is InChI=1S/C8H17O3/c1-2-3-8(6-10,7-11)4-5-9/h4,9-11H,2-3,5-7H2,1H3. The Hall–Kier alpha value is -0.120. The van der Waals surface area contributed by atoms with E-state index in [1.807, 2.05) is 6.92 Å². The second kappa shape index (κ2) is 5.52. The van der Waals surface area contributed by atoms with Gasteiger partial charge in [-0.1, -0.05) is 13.3 Å². The molecule has 0 aliphatic rings. The Kier molecular flexibility index (Phi) is 5.46. The van der Waals surface area contributed by atoms with Gasteiger partial charge in [0.15, 0.2) is 0 Å². The van der Waals surface area contributed by atoms with Gasteiger partial charge in [-0.25, -0.2) is 0 Å². The first-order chi connectivity index (χ1) is 5.24. The zero-order chi connectivity index (χ0) is 8.74. The van der Waals surface area contributed by atoms with Gasteiger partial charge in [0.25, 0.3) is 0 Å². The molecular formula is C8H17O3. The van der Waals surface area contributed by atoms with Crippen LogP contribution in [0.2, 0.25) is 0 Å². The third-order valence-corrected chi connectivity index (χ3v) is 1.90. The van der Waals surface area contributed by atoms with E-state index < -0.39 is 5.41 Å². The summed E-state index contributed by atoms with van der Waals surface area (Å²) in [6.45, 7) is 1.68. The Morgan fingerprint density at radius 3 is 2.00 bits per heavy atom. The lowest BCUT2D eigenvalue weighted by molar-refractivity contribution is 0.0628. The maximum Gasteiger partial charge on any atom is 0.0513 e. The van der Waals surface area contributed by atoms with Gasteiger partial charge in [0.1, 0.15) is 0 Å². The molecule has 0 aromatic carbocycles. The van der Waals surface area contributed by atoms with Crippen LogP contribution in [0.3, 0.4) is 0 Å². The van der Waals surface area contributed by atoms with Crippen molar-refractivity contribution in [1.29, 1.82) is 0 Å². The average Bonchev–Trinajstić information content (AvgIpc) is 2.04. The maximum atomic E-state index is 8.94. The molecule has 0 heterocycles. The van der Waals surface area contributed by atoms with Crippen LogP contribution in [0.5, 0.6) is 0 Å². The zero-order valence-electron chi connectivity index (χ0n) is 6.95. The molecular weight excluding hydrogens is 144 g/mol. The van der Waals surface area contributed by atoms with Crippen LogP contribution in [-0.4, -0.2) is 35.1 Å². The predicted octanol–water partition coefficient (Wildman–Crippen LogP) is -0.0459. The molecule has 3 N–H and O–H groups in total. The molecule has 0 aromatic rings. The monoisotopic (exact) mass is 161 g/mol. The Bertz CT molecular complexity index is 81.3. The molecule has 0 spiro atoms. The molecule has 0 rings (SSSR count). The Morgan fingerprint density at radius 1 is 1.18 bits per heavy atom. The van der Waals surface area contributed by atoms with E-state index in [-0.39, 0.29) is 19.8 Å². The van der Waals surface area contributed by atoms with E-state index in [0.717, 1.165) is 6.42 Å². The second-order valence-electron chi connectivity index (χ2n) is 2.82. The van der Waals surface area contributed by atoms with Gasteiger partial charge in [-0.15, -0.1) is 0 Å². The quantitative estimate of drug-likeness (QED) is 0.512. The van der Waals surface area contributed by atoms with Crippen LogP contribution in [0.1, 0.15) is 19.8 Å². The minimum atomic E-state index is -0.580. The van der Waals surface area contributed by atoms with E-state index in [9.17, 15) is 0 Å². The van der Waals surface area contributed by atoms with Crippen LogP contribution >= 0.6 is 0 Å². The van der Waals surface area contributed by atoms with E-state index in [1.165, 1.54) is 0 Å². The summed E-state index contributed by atoms with van der Waals surface area (Å²) in [5.74, 6) is 0. The van der Waals surface area contributed by atoms with Crippen LogP contribution in [0.25, 0.3) is 0 Å². The second-order valence-corrected chi connectivity index (χ2v) is 2.82. The molecule has 67 valence electrons. The van der Waals surface area contributed by atoms with Gasteiger partial charge < -0.3 is 15.3 Å². The van der Waals surface area contributed by atoms with Gasteiger partial charge in [-0.2, -0.15) is 0 Å². The Labute approximate surface area is 67.7 Å². The van der Waals surface area contributed by atoms with Crippen LogP contribution in [0, 0.1) is 11.8 Å². The molecule has 0 aliphatic carbocycles. The summed E-state index contributed by atoms with van der Waals surface area (Å²) in [7, 11) is 0. The van der Waals surface area contributed by atoms with Gasteiger partial charge in [0.2, 0.25) is 0 Å². The fourth-order valence-electron chi connectivity index (χ4n) is 1.13. The molecule has 0 amide bonds. The van der Waals surface area contributed by atoms with Crippen LogP contribution in [-0.2, 0) is 0 Å². The fraction of sp³-hybridized carbons (Fsp3) is 0.875. The summed E-state index contributed by atoms with van der Waals surface area (Å²) in [5, 5.41) is 26.5. The molecule has 0 unspecified atom stereocenters. The van der Waals surface area contributed by atoms with Crippen molar-refractivity contribution in [2.24, 2.45) is 5.41 Å². The summed E-state index contributed by atoms with van der Waals surface area (Å²) in [5.41, 5.74) is -0.580. The summed E-state index contributed by atoms with van der Waals surface area (Å²) >= 11 is 0. The summed E-state index contributed by atoms with van der Waals surface area (Å²) < 4.78 is 0. The number of aliphatic hydroxyl groups is 3. The highest BCUT2D eigenvalue weighted by Crippen LogP contribution is 2.25. The predicted molar refractivity (Wildman–Crippen MR) is 42.9 cm³/mol. The van der Waals surface area contributed by atoms with E-state index in [1.54, 1.807) is 6.42 Å². The lowest BCUT2D eigenvalue weighted by Crippen LogP contribution is -2.31. The molecule has 0 saturated carbocycles. The third kappa shape index (κ3) is 3.18. The number of rotatable bonds is 6. The average molecular weight is 161 g/mol. The van der Waals surface area contributed by atoms with E-state index in [0.29, 0.717) is 6.42 Å². The third-order valence-electron chi connectivity index (χ3n) is 1.90. The van der Waals surface area contributed by atoms with Gasteiger partial charge >= 0.3 is 0 Å². The SMILES string of the molecule is CCCC([CH]CO)(CO)CO. The molecule has 0 aliphatic heterocycles. The van der Waals surface area contributed by atoms with Crippen molar-refractivity contribution >= 4 is 0 Å². The molecule has 3 nitrogen and oxygen atoms in total. The van der Waals surface area contributed by atoms with Crippen LogP contribution < -0.4 is 0 Å². The molecule has 0 bridgehead atoms. The van der Waals surface area contributed by atoms with Crippen molar-refractivity contribution in [3.8, 4) is 0 Å². The van der Waals surface area contributed by atoms with Gasteiger partial charge in [-0.05, 0) is 12.8 Å². The molecule has 3 heteroatoms. The van der Waals surface area contributed by atoms with Crippen molar-refractivity contribution < 1.29 is 15.3 Å². The highest BCUT2D eigenvalue weighted by atomic mass is 16.3.